The van der Waals surface area contributed by atoms with Crippen LogP contribution in [0.25, 0.3) is 10.9 Å². The van der Waals surface area contributed by atoms with Crippen molar-refractivity contribution in [1.82, 2.24) is 15.0 Å². The van der Waals surface area contributed by atoms with Gasteiger partial charge in [0.1, 0.15) is 5.75 Å². The first-order valence-corrected chi connectivity index (χ1v) is 7.60. The molecule has 7 heteroatoms. The number of rotatable bonds is 4. The van der Waals surface area contributed by atoms with Gasteiger partial charge in [0.25, 0.3) is 0 Å². The van der Waals surface area contributed by atoms with Crippen LogP contribution in [0.3, 0.4) is 0 Å². The number of nitrogens with one attached hydrogen (secondary N) is 3. The highest BCUT2D eigenvalue weighted by Crippen LogP contribution is 2.24. The molecule has 2 heterocycles. The number of hydrogen-bond donors (Lipinski definition) is 4. The third-order valence-corrected chi connectivity index (χ3v) is 3.66. The summed E-state index contributed by atoms with van der Waals surface area (Å²) in [5, 5.41) is 16.4. The van der Waals surface area contributed by atoms with Crippen LogP contribution < -0.4 is 10.6 Å². The minimum Gasteiger partial charge on any atom is -0.508 e. The van der Waals surface area contributed by atoms with Gasteiger partial charge in [-0.05, 0) is 36.4 Å². The molecule has 0 fully saturated rings. The van der Waals surface area contributed by atoms with Crippen molar-refractivity contribution >= 4 is 34.0 Å². The van der Waals surface area contributed by atoms with Gasteiger partial charge in [-0.3, -0.25) is 0 Å². The quantitative estimate of drug-likeness (QED) is 0.447. The summed E-state index contributed by atoms with van der Waals surface area (Å²) >= 11 is 0. The zero-order chi connectivity index (χ0) is 17.2. The number of H-pyrrole nitrogens is 1. The van der Waals surface area contributed by atoms with Gasteiger partial charge in [-0.15, -0.1) is 0 Å². The number of halogens is 1. The second kappa shape index (κ2) is 6.12. The molecule has 0 unspecified atom stereocenters. The van der Waals surface area contributed by atoms with Crippen LogP contribution in [0.5, 0.6) is 5.75 Å². The molecule has 4 N–H and O–H groups in total. The Kier molecular flexibility index (Phi) is 3.66. The molecule has 4 aromatic rings. The Morgan fingerprint density at radius 1 is 1.00 bits per heavy atom. The van der Waals surface area contributed by atoms with Gasteiger partial charge in [0, 0.05) is 34.5 Å². The molecule has 0 aliphatic carbocycles. The highest BCUT2D eigenvalue weighted by atomic mass is 19.1. The second-order valence-electron chi connectivity index (χ2n) is 5.47. The number of aromatic amines is 1. The molecule has 2 aromatic heterocycles. The van der Waals surface area contributed by atoms with Gasteiger partial charge in [-0.25, -0.2) is 9.37 Å². The molecule has 2 aromatic carbocycles. The van der Waals surface area contributed by atoms with E-state index in [0.717, 1.165) is 17.1 Å². The summed E-state index contributed by atoms with van der Waals surface area (Å²) in [6.07, 6.45) is 2.94. The third kappa shape index (κ3) is 3.20. The minimum absolute atomic E-state index is 0.0625. The smallest absolute Gasteiger partial charge is 0.229 e. The Labute approximate surface area is 142 Å². The Bertz CT molecular complexity index is 1050. The summed E-state index contributed by atoms with van der Waals surface area (Å²) in [7, 11) is 0. The number of nitrogens with zero attached hydrogens (tertiary/aromatic N) is 2. The van der Waals surface area contributed by atoms with Crippen molar-refractivity contribution in [2.75, 3.05) is 10.6 Å². The van der Waals surface area contributed by atoms with Crippen LogP contribution in [0, 0.1) is 5.82 Å². The van der Waals surface area contributed by atoms with E-state index in [1.165, 1.54) is 6.07 Å². The number of hydrogen-bond acceptors (Lipinski definition) is 5. The summed E-state index contributed by atoms with van der Waals surface area (Å²) in [4.78, 5) is 11.2. The van der Waals surface area contributed by atoms with E-state index in [1.807, 2.05) is 30.5 Å². The lowest BCUT2D eigenvalue weighted by Crippen LogP contribution is -2.03. The van der Waals surface area contributed by atoms with Gasteiger partial charge in [-0.2, -0.15) is 4.98 Å². The van der Waals surface area contributed by atoms with E-state index in [0.29, 0.717) is 11.4 Å². The predicted octanol–water partition coefficient (Wildman–Crippen LogP) is 4.29. The topological polar surface area (TPSA) is 85.9 Å². The van der Waals surface area contributed by atoms with Gasteiger partial charge >= 0.3 is 0 Å². The van der Waals surface area contributed by atoms with E-state index in [4.69, 9.17) is 0 Å². The van der Waals surface area contributed by atoms with Crippen molar-refractivity contribution in [3.8, 4) is 5.75 Å². The van der Waals surface area contributed by atoms with Crippen LogP contribution in [0.2, 0.25) is 0 Å². The number of anilines is 4. The standard InChI is InChI=1S/C18H14FN5O/c19-15-10-21-18(23-12-2-1-3-14(25)9-12)24-17(15)22-13-4-5-16-11(8-13)6-7-20-16/h1-10,20,25H,(H2,21,22,23,24). The van der Waals surface area contributed by atoms with Crippen molar-refractivity contribution in [1.29, 1.82) is 0 Å². The fraction of sp³-hybridized carbons (Fsp3) is 0. The first-order chi connectivity index (χ1) is 12.2. The summed E-state index contributed by atoms with van der Waals surface area (Å²) in [6.45, 7) is 0. The van der Waals surface area contributed by atoms with Crippen molar-refractivity contribution in [3.63, 3.8) is 0 Å². The SMILES string of the molecule is Oc1cccc(Nc2ncc(F)c(Nc3ccc4[nH]ccc4c3)n2)c1. The Hall–Kier alpha value is -3.61. The van der Waals surface area contributed by atoms with Gasteiger partial charge in [0.15, 0.2) is 11.6 Å². The molecule has 0 saturated heterocycles. The maximum absolute atomic E-state index is 14.1. The number of aromatic nitrogens is 3. The number of fused-ring (bicyclic) bond motifs is 1. The molecule has 25 heavy (non-hydrogen) atoms. The summed E-state index contributed by atoms with van der Waals surface area (Å²) < 4.78 is 14.1. The maximum atomic E-state index is 14.1. The number of phenolic OH excluding ortho intramolecular Hbond substituents is 1. The van der Waals surface area contributed by atoms with Gasteiger partial charge in [-0.1, -0.05) is 6.07 Å². The lowest BCUT2D eigenvalue weighted by atomic mass is 10.2. The number of benzene rings is 2. The largest absolute Gasteiger partial charge is 0.508 e. The first-order valence-electron chi connectivity index (χ1n) is 7.60. The number of aromatic hydroxyl groups is 1. The molecule has 0 bridgehead atoms. The van der Waals surface area contributed by atoms with E-state index in [-0.39, 0.29) is 17.5 Å². The lowest BCUT2D eigenvalue weighted by molar-refractivity contribution is 0.475. The molecule has 0 aliphatic heterocycles. The molecule has 0 spiro atoms. The molecule has 6 nitrogen and oxygen atoms in total. The van der Waals surface area contributed by atoms with Crippen LogP contribution in [0.1, 0.15) is 0 Å². The molecule has 0 amide bonds. The van der Waals surface area contributed by atoms with Crippen LogP contribution in [0.4, 0.5) is 27.5 Å². The fourth-order valence-electron chi connectivity index (χ4n) is 2.50. The fourth-order valence-corrected chi connectivity index (χ4v) is 2.50. The maximum Gasteiger partial charge on any atom is 0.229 e. The van der Waals surface area contributed by atoms with E-state index in [9.17, 15) is 9.50 Å². The van der Waals surface area contributed by atoms with E-state index < -0.39 is 5.82 Å². The normalized spacial score (nSPS) is 10.8. The average Bonchev–Trinajstić information content (AvgIpc) is 3.06. The summed E-state index contributed by atoms with van der Waals surface area (Å²) in [6, 6.07) is 14.1. The average molecular weight is 335 g/mol. The Morgan fingerprint density at radius 3 is 2.76 bits per heavy atom. The van der Waals surface area contributed by atoms with Crippen molar-refractivity contribution < 1.29 is 9.50 Å². The highest BCUT2D eigenvalue weighted by molar-refractivity contribution is 5.83. The van der Waals surface area contributed by atoms with Crippen LogP contribution >= 0.6 is 0 Å². The second-order valence-corrected chi connectivity index (χ2v) is 5.47. The molecule has 0 atom stereocenters. The highest BCUT2D eigenvalue weighted by Gasteiger charge is 2.08. The molecule has 124 valence electrons. The Balaban J connectivity index is 1.60. The lowest BCUT2D eigenvalue weighted by Gasteiger charge is -2.10. The van der Waals surface area contributed by atoms with E-state index in [1.54, 1.807) is 18.2 Å². The molecular formula is C18H14FN5O. The molecule has 4 rings (SSSR count). The predicted molar refractivity (Wildman–Crippen MR) is 95.0 cm³/mol. The minimum atomic E-state index is -0.560. The molecule has 0 aliphatic rings. The first kappa shape index (κ1) is 14.9. The monoisotopic (exact) mass is 335 g/mol. The van der Waals surface area contributed by atoms with Gasteiger partial charge in [0.05, 0.1) is 6.20 Å². The van der Waals surface area contributed by atoms with Crippen molar-refractivity contribution in [3.05, 3.63) is 66.7 Å². The third-order valence-electron chi connectivity index (χ3n) is 3.66. The van der Waals surface area contributed by atoms with Crippen molar-refractivity contribution in [2.45, 2.75) is 0 Å². The van der Waals surface area contributed by atoms with Crippen LogP contribution in [-0.2, 0) is 0 Å². The van der Waals surface area contributed by atoms with Crippen LogP contribution in [-0.4, -0.2) is 20.1 Å². The molecule has 0 radical (unpaired) electrons. The molecule has 0 saturated carbocycles. The van der Waals surface area contributed by atoms with Gasteiger partial charge in [0.2, 0.25) is 5.95 Å². The summed E-state index contributed by atoms with van der Waals surface area (Å²) in [5.74, 6) is -0.161. The van der Waals surface area contributed by atoms with Crippen molar-refractivity contribution in [2.24, 2.45) is 0 Å². The molecular weight excluding hydrogens is 321 g/mol. The van der Waals surface area contributed by atoms with Crippen LogP contribution in [0.15, 0.2) is 60.9 Å². The van der Waals surface area contributed by atoms with E-state index >= 15 is 0 Å². The Morgan fingerprint density at radius 2 is 1.88 bits per heavy atom. The summed E-state index contributed by atoms with van der Waals surface area (Å²) in [5.41, 5.74) is 2.32. The van der Waals surface area contributed by atoms with E-state index in [2.05, 4.69) is 25.6 Å². The zero-order valence-corrected chi connectivity index (χ0v) is 13.0. The zero-order valence-electron chi connectivity index (χ0n) is 13.0. The number of phenols is 1. The van der Waals surface area contributed by atoms with Gasteiger partial charge < -0.3 is 20.7 Å².